The summed E-state index contributed by atoms with van der Waals surface area (Å²) in [5.41, 5.74) is 1.74. The number of sulfonamides is 1. The van der Waals surface area contributed by atoms with Crippen LogP contribution in [0, 0.1) is 13.8 Å². The Morgan fingerprint density at radius 1 is 1.14 bits per heavy atom. The molecule has 1 aromatic rings. The van der Waals surface area contributed by atoms with E-state index in [2.05, 4.69) is 0 Å². The molecule has 0 saturated carbocycles. The Bertz CT molecular complexity index is 435. The lowest BCUT2D eigenvalue weighted by Crippen LogP contribution is -2.23. The van der Waals surface area contributed by atoms with Crippen molar-refractivity contribution in [3.63, 3.8) is 0 Å². The van der Waals surface area contributed by atoms with E-state index in [4.69, 9.17) is 0 Å². The molecular formula is C10H15NO2S. The number of aryl methyl sites for hydroxylation is 2. The molecule has 0 saturated heterocycles. The molecule has 0 aliphatic carbocycles. The molecule has 4 heteroatoms. The lowest BCUT2D eigenvalue weighted by Gasteiger charge is -2.13. The number of rotatable bonds is 2. The topological polar surface area (TPSA) is 37.4 Å². The Hall–Kier alpha value is -0.870. The van der Waals surface area contributed by atoms with Crippen molar-refractivity contribution >= 4 is 10.0 Å². The summed E-state index contributed by atoms with van der Waals surface area (Å²) in [6.45, 7) is 3.68. The molecule has 14 heavy (non-hydrogen) atoms. The fraction of sp³-hybridized carbons (Fsp3) is 0.400. The highest BCUT2D eigenvalue weighted by Crippen LogP contribution is 2.19. The van der Waals surface area contributed by atoms with Crippen molar-refractivity contribution in [1.82, 2.24) is 4.31 Å². The third-order valence-electron chi connectivity index (χ3n) is 2.10. The molecule has 0 spiro atoms. The molecule has 1 rings (SSSR count). The summed E-state index contributed by atoms with van der Waals surface area (Å²) in [6, 6.07) is 5.43. The van der Waals surface area contributed by atoms with Crippen LogP contribution in [0.4, 0.5) is 0 Å². The molecule has 78 valence electrons. The summed E-state index contributed by atoms with van der Waals surface area (Å²) in [5, 5.41) is 0. The van der Waals surface area contributed by atoms with Gasteiger partial charge in [-0.2, -0.15) is 0 Å². The van der Waals surface area contributed by atoms with Gasteiger partial charge in [-0.25, -0.2) is 12.7 Å². The van der Waals surface area contributed by atoms with Crippen LogP contribution in [0.1, 0.15) is 11.1 Å². The van der Waals surface area contributed by atoms with Crippen molar-refractivity contribution in [3.05, 3.63) is 29.3 Å². The molecule has 0 radical (unpaired) electrons. The van der Waals surface area contributed by atoms with Gasteiger partial charge in [0, 0.05) is 14.1 Å². The molecule has 0 aromatic heterocycles. The third kappa shape index (κ3) is 1.96. The van der Waals surface area contributed by atoms with Gasteiger partial charge in [0.2, 0.25) is 10.0 Å². The van der Waals surface area contributed by atoms with Crippen LogP contribution in [-0.2, 0) is 10.0 Å². The van der Waals surface area contributed by atoms with Crippen molar-refractivity contribution in [2.24, 2.45) is 0 Å². The number of hydrogen-bond donors (Lipinski definition) is 0. The Morgan fingerprint density at radius 2 is 1.71 bits per heavy atom. The normalized spacial score (nSPS) is 12.1. The zero-order valence-corrected chi connectivity index (χ0v) is 9.72. The highest BCUT2D eigenvalue weighted by molar-refractivity contribution is 7.89. The first-order valence-electron chi connectivity index (χ1n) is 4.35. The second kappa shape index (κ2) is 3.71. The lowest BCUT2D eigenvalue weighted by atomic mass is 10.2. The van der Waals surface area contributed by atoms with Gasteiger partial charge in [-0.3, -0.25) is 0 Å². The average molecular weight is 213 g/mol. The highest BCUT2D eigenvalue weighted by atomic mass is 32.2. The molecular weight excluding hydrogens is 198 g/mol. The van der Waals surface area contributed by atoms with Crippen LogP contribution in [0.5, 0.6) is 0 Å². The van der Waals surface area contributed by atoms with Crippen molar-refractivity contribution < 1.29 is 8.42 Å². The smallest absolute Gasteiger partial charge is 0.207 e. The highest BCUT2D eigenvalue weighted by Gasteiger charge is 2.19. The lowest BCUT2D eigenvalue weighted by molar-refractivity contribution is 0.520. The quantitative estimate of drug-likeness (QED) is 0.747. The molecule has 3 nitrogen and oxygen atoms in total. The Balaban J connectivity index is 3.40. The van der Waals surface area contributed by atoms with Gasteiger partial charge >= 0.3 is 0 Å². The summed E-state index contributed by atoms with van der Waals surface area (Å²) >= 11 is 0. The van der Waals surface area contributed by atoms with E-state index in [9.17, 15) is 8.42 Å². The van der Waals surface area contributed by atoms with E-state index in [1.807, 2.05) is 19.1 Å². The third-order valence-corrected chi connectivity index (χ3v) is 4.06. The maximum Gasteiger partial charge on any atom is 0.242 e. The van der Waals surface area contributed by atoms with E-state index in [0.717, 1.165) is 11.1 Å². The zero-order valence-electron chi connectivity index (χ0n) is 8.90. The Labute approximate surface area is 85.4 Å². The predicted octanol–water partition coefficient (Wildman–Crippen LogP) is 1.55. The zero-order chi connectivity index (χ0) is 10.9. The first kappa shape index (κ1) is 11.2. The Morgan fingerprint density at radius 3 is 2.21 bits per heavy atom. The average Bonchev–Trinajstić information content (AvgIpc) is 2.08. The molecule has 0 bridgehead atoms. The van der Waals surface area contributed by atoms with Crippen molar-refractivity contribution in [3.8, 4) is 0 Å². The largest absolute Gasteiger partial charge is 0.242 e. The van der Waals surface area contributed by atoms with E-state index in [-0.39, 0.29) is 0 Å². The molecule has 0 fully saturated rings. The fourth-order valence-corrected chi connectivity index (χ4v) is 2.39. The maximum absolute atomic E-state index is 11.8. The first-order valence-corrected chi connectivity index (χ1v) is 5.79. The number of benzene rings is 1. The van der Waals surface area contributed by atoms with Crippen molar-refractivity contribution in [2.45, 2.75) is 18.7 Å². The SMILES string of the molecule is Cc1ccc(C)c(S(=O)(=O)N(C)C)c1. The summed E-state index contributed by atoms with van der Waals surface area (Å²) < 4.78 is 24.9. The van der Waals surface area contributed by atoms with Gasteiger partial charge in [-0.1, -0.05) is 12.1 Å². The van der Waals surface area contributed by atoms with Crippen LogP contribution in [-0.4, -0.2) is 26.8 Å². The van der Waals surface area contributed by atoms with E-state index >= 15 is 0 Å². The van der Waals surface area contributed by atoms with Crippen LogP contribution in [0.15, 0.2) is 23.1 Å². The molecule has 0 atom stereocenters. The monoisotopic (exact) mass is 213 g/mol. The van der Waals surface area contributed by atoms with Crippen LogP contribution < -0.4 is 0 Å². The van der Waals surface area contributed by atoms with Gasteiger partial charge in [-0.05, 0) is 31.0 Å². The second-order valence-electron chi connectivity index (χ2n) is 3.56. The van der Waals surface area contributed by atoms with Gasteiger partial charge in [0.15, 0.2) is 0 Å². The minimum absolute atomic E-state index is 0.391. The van der Waals surface area contributed by atoms with E-state index in [1.165, 1.54) is 18.4 Å². The molecule has 0 heterocycles. The Kier molecular flexibility index (Phi) is 2.97. The summed E-state index contributed by atoms with van der Waals surface area (Å²) in [5.74, 6) is 0. The van der Waals surface area contributed by atoms with Gasteiger partial charge in [0.25, 0.3) is 0 Å². The molecule has 0 aliphatic rings. The van der Waals surface area contributed by atoms with Gasteiger partial charge in [-0.15, -0.1) is 0 Å². The second-order valence-corrected chi connectivity index (χ2v) is 5.68. The van der Waals surface area contributed by atoms with E-state index in [1.54, 1.807) is 13.0 Å². The maximum atomic E-state index is 11.8. The molecule has 0 unspecified atom stereocenters. The predicted molar refractivity (Wildman–Crippen MR) is 56.8 cm³/mol. The number of hydrogen-bond acceptors (Lipinski definition) is 2. The molecule has 0 N–H and O–H groups in total. The minimum atomic E-state index is -3.30. The minimum Gasteiger partial charge on any atom is -0.207 e. The van der Waals surface area contributed by atoms with Crippen LogP contribution in [0.2, 0.25) is 0 Å². The summed E-state index contributed by atoms with van der Waals surface area (Å²) in [4.78, 5) is 0.391. The first-order chi connectivity index (χ1) is 6.35. The van der Waals surface area contributed by atoms with Crippen LogP contribution in [0.25, 0.3) is 0 Å². The van der Waals surface area contributed by atoms with Crippen molar-refractivity contribution in [2.75, 3.05) is 14.1 Å². The summed E-state index contributed by atoms with van der Waals surface area (Å²) in [6.07, 6.45) is 0. The van der Waals surface area contributed by atoms with E-state index < -0.39 is 10.0 Å². The van der Waals surface area contributed by atoms with Crippen LogP contribution >= 0.6 is 0 Å². The standard InChI is InChI=1S/C10H15NO2S/c1-8-5-6-9(2)10(7-8)14(12,13)11(3)4/h5-7H,1-4H3. The number of nitrogens with zero attached hydrogens (tertiary/aromatic N) is 1. The molecule has 1 aromatic carbocycles. The van der Waals surface area contributed by atoms with E-state index in [0.29, 0.717) is 4.90 Å². The van der Waals surface area contributed by atoms with Crippen LogP contribution in [0.3, 0.4) is 0 Å². The summed E-state index contributed by atoms with van der Waals surface area (Å²) in [7, 11) is -0.219. The van der Waals surface area contributed by atoms with Crippen molar-refractivity contribution in [1.29, 1.82) is 0 Å². The van der Waals surface area contributed by atoms with Gasteiger partial charge in [0.1, 0.15) is 0 Å². The fourth-order valence-electron chi connectivity index (χ4n) is 1.18. The molecule has 0 aliphatic heterocycles. The molecule has 0 amide bonds. The van der Waals surface area contributed by atoms with Gasteiger partial charge in [0.05, 0.1) is 4.90 Å². The van der Waals surface area contributed by atoms with Gasteiger partial charge < -0.3 is 0 Å².